The molecule has 4 rings (SSSR count). The lowest BCUT2D eigenvalue weighted by molar-refractivity contribution is -0.159. The number of aromatic carboxylic acids is 1. The van der Waals surface area contributed by atoms with Gasteiger partial charge in [-0.1, -0.05) is 25.4 Å². The standard InChI is InChI=1S/C25H30ClNO7/c1-24(2,10-31-3)22-6-15-5-21(34-14-25(11-32-4)12-33-13-25)18(26)7-16(15)19-8-20(28)17(23(29)30)9-27(19)22/h5,7-9,22H,6,10-14H2,1-4H3,(H,29,30)/t22-/m0/s1. The summed E-state index contributed by atoms with van der Waals surface area (Å²) in [7, 11) is 3.29. The van der Waals surface area contributed by atoms with Gasteiger partial charge in [-0.05, 0) is 24.1 Å². The fourth-order valence-electron chi connectivity index (χ4n) is 4.86. The second-order valence-corrected chi connectivity index (χ2v) is 10.4. The Morgan fingerprint density at radius 1 is 1.24 bits per heavy atom. The lowest BCUT2D eigenvalue weighted by atomic mass is 9.78. The number of benzene rings is 1. The van der Waals surface area contributed by atoms with E-state index in [1.807, 2.05) is 10.6 Å². The van der Waals surface area contributed by atoms with Crippen LogP contribution in [0.25, 0.3) is 11.3 Å². The van der Waals surface area contributed by atoms with Gasteiger partial charge in [-0.15, -0.1) is 0 Å². The minimum absolute atomic E-state index is 0.150. The summed E-state index contributed by atoms with van der Waals surface area (Å²) < 4.78 is 24.2. The first-order valence-corrected chi connectivity index (χ1v) is 11.5. The van der Waals surface area contributed by atoms with E-state index in [0.29, 0.717) is 55.9 Å². The molecule has 0 amide bonds. The Kier molecular flexibility index (Phi) is 6.79. The molecule has 0 radical (unpaired) electrons. The topological polar surface area (TPSA) is 96.2 Å². The number of nitrogens with zero attached hydrogens (tertiary/aromatic N) is 1. The number of fused-ring (bicyclic) bond motifs is 3. The van der Waals surface area contributed by atoms with E-state index in [-0.39, 0.29) is 22.4 Å². The molecule has 0 spiro atoms. The molecular formula is C25H30ClNO7. The van der Waals surface area contributed by atoms with Crippen molar-refractivity contribution in [1.29, 1.82) is 0 Å². The average Bonchev–Trinajstić information content (AvgIpc) is 2.74. The van der Waals surface area contributed by atoms with E-state index in [2.05, 4.69) is 13.8 Å². The van der Waals surface area contributed by atoms with Crippen molar-refractivity contribution in [3.63, 3.8) is 0 Å². The van der Waals surface area contributed by atoms with Crippen LogP contribution in [0.2, 0.25) is 5.02 Å². The summed E-state index contributed by atoms with van der Waals surface area (Å²) in [6, 6.07) is 4.94. The third-order valence-electron chi connectivity index (χ3n) is 6.71. The number of pyridine rings is 1. The van der Waals surface area contributed by atoms with Crippen LogP contribution in [0.4, 0.5) is 0 Å². The third kappa shape index (κ3) is 4.47. The van der Waals surface area contributed by atoms with Gasteiger partial charge in [-0.2, -0.15) is 0 Å². The van der Waals surface area contributed by atoms with Gasteiger partial charge in [0.25, 0.3) is 0 Å². The molecule has 1 N–H and O–H groups in total. The molecule has 0 bridgehead atoms. The molecule has 0 unspecified atom stereocenters. The Labute approximate surface area is 203 Å². The number of aromatic nitrogens is 1. The second kappa shape index (κ2) is 9.34. The van der Waals surface area contributed by atoms with Crippen LogP contribution in [-0.4, -0.2) is 62.9 Å². The Bertz CT molecular complexity index is 1150. The molecule has 0 saturated carbocycles. The molecule has 2 aliphatic heterocycles. The van der Waals surface area contributed by atoms with E-state index in [4.69, 9.17) is 30.5 Å². The van der Waals surface area contributed by atoms with E-state index >= 15 is 0 Å². The number of ether oxygens (including phenoxy) is 4. The summed E-state index contributed by atoms with van der Waals surface area (Å²) in [5.41, 5.74) is 1.04. The van der Waals surface area contributed by atoms with Crippen molar-refractivity contribution in [2.45, 2.75) is 26.3 Å². The summed E-state index contributed by atoms with van der Waals surface area (Å²) in [6.07, 6.45) is 2.04. The van der Waals surface area contributed by atoms with Crippen molar-refractivity contribution in [1.82, 2.24) is 4.57 Å². The largest absolute Gasteiger partial charge is 0.491 e. The molecule has 34 heavy (non-hydrogen) atoms. The van der Waals surface area contributed by atoms with Crippen LogP contribution in [0.3, 0.4) is 0 Å². The van der Waals surface area contributed by atoms with Gasteiger partial charge in [0, 0.05) is 43.5 Å². The fourth-order valence-corrected chi connectivity index (χ4v) is 5.08. The number of halogens is 1. The highest BCUT2D eigenvalue weighted by Gasteiger charge is 2.40. The van der Waals surface area contributed by atoms with Gasteiger partial charge < -0.3 is 28.6 Å². The molecule has 3 heterocycles. The molecule has 1 aromatic carbocycles. The molecule has 9 heteroatoms. The number of hydrogen-bond acceptors (Lipinski definition) is 6. The Balaban J connectivity index is 1.77. The smallest absolute Gasteiger partial charge is 0.341 e. The molecule has 2 aromatic rings. The summed E-state index contributed by atoms with van der Waals surface area (Å²) >= 11 is 6.60. The molecule has 184 valence electrons. The van der Waals surface area contributed by atoms with Crippen LogP contribution < -0.4 is 10.2 Å². The van der Waals surface area contributed by atoms with Crippen molar-refractivity contribution < 1.29 is 28.8 Å². The Morgan fingerprint density at radius 3 is 2.56 bits per heavy atom. The van der Waals surface area contributed by atoms with E-state index < -0.39 is 11.4 Å². The third-order valence-corrected chi connectivity index (χ3v) is 7.01. The lowest BCUT2D eigenvalue weighted by Gasteiger charge is -2.41. The van der Waals surface area contributed by atoms with E-state index in [0.717, 1.165) is 11.1 Å². The SMILES string of the molecule is COCC1(COc2cc3c(cc2Cl)-c2cc(=O)c(C(=O)O)cn2[C@H](C(C)(C)COC)C3)COC1. The normalized spacial score (nSPS) is 18.6. The highest BCUT2D eigenvalue weighted by atomic mass is 35.5. The molecule has 8 nitrogen and oxygen atoms in total. The van der Waals surface area contributed by atoms with Crippen LogP contribution >= 0.6 is 11.6 Å². The number of carboxylic acid groups (broad SMARTS) is 1. The Morgan fingerprint density at radius 2 is 1.97 bits per heavy atom. The number of methoxy groups -OCH3 is 2. The van der Waals surface area contributed by atoms with Crippen molar-refractivity contribution in [3.05, 3.63) is 50.8 Å². The molecule has 1 fully saturated rings. The maximum atomic E-state index is 12.6. The quantitative estimate of drug-likeness (QED) is 0.571. The van der Waals surface area contributed by atoms with Gasteiger partial charge >= 0.3 is 5.97 Å². The highest BCUT2D eigenvalue weighted by Crippen LogP contribution is 2.45. The zero-order valence-corrected chi connectivity index (χ0v) is 20.6. The van der Waals surface area contributed by atoms with Crippen LogP contribution in [0, 0.1) is 10.8 Å². The van der Waals surface area contributed by atoms with E-state index in [1.165, 1.54) is 12.3 Å². The molecule has 1 atom stereocenters. The zero-order valence-electron chi connectivity index (χ0n) is 19.9. The predicted octanol–water partition coefficient (Wildman–Crippen LogP) is 3.68. The summed E-state index contributed by atoms with van der Waals surface area (Å²) in [4.78, 5) is 24.3. The van der Waals surface area contributed by atoms with Gasteiger partial charge in [0.05, 0.1) is 42.6 Å². The van der Waals surface area contributed by atoms with Crippen molar-refractivity contribution in [3.8, 4) is 17.0 Å². The minimum atomic E-state index is -1.25. The highest BCUT2D eigenvalue weighted by molar-refractivity contribution is 6.32. The van der Waals surface area contributed by atoms with Crippen molar-refractivity contribution in [2.24, 2.45) is 10.8 Å². The van der Waals surface area contributed by atoms with Gasteiger partial charge in [-0.3, -0.25) is 4.79 Å². The predicted molar refractivity (Wildman–Crippen MR) is 127 cm³/mol. The van der Waals surface area contributed by atoms with Gasteiger partial charge in [0.15, 0.2) is 5.43 Å². The number of carboxylic acids is 1. The molecular weight excluding hydrogens is 462 g/mol. The molecule has 2 aliphatic rings. The van der Waals surface area contributed by atoms with Crippen LogP contribution in [0.5, 0.6) is 5.75 Å². The van der Waals surface area contributed by atoms with Gasteiger partial charge in [0.2, 0.25) is 0 Å². The zero-order chi connectivity index (χ0) is 24.7. The molecule has 1 saturated heterocycles. The van der Waals surface area contributed by atoms with E-state index in [9.17, 15) is 14.7 Å². The first kappa shape index (κ1) is 24.7. The number of rotatable bonds is 9. The van der Waals surface area contributed by atoms with Crippen molar-refractivity contribution in [2.75, 3.05) is 47.3 Å². The number of carbonyl (C=O) groups is 1. The summed E-state index contributed by atoms with van der Waals surface area (Å²) in [5.74, 6) is -0.690. The summed E-state index contributed by atoms with van der Waals surface area (Å²) in [6.45, 7) is 6.66. The summed E-state index contributed by atoms with van der Waals surface area (Å²) in [5, 5.41) is 9.95. The van der Waals surface area contributed by atoms with Gasteiger partial charge in [-0.25, -0.2) is 4.79 Å². The van der Waals surface area contributed by atoms with E-state index in [1.54, 1.807) is 20.3 Å². The van der Waals surface area contributed by atoms with Crippen LogP contribution in [0.1, 0.15) is 35.8 Å². The first-order valence-electron chi connectivity index (χ1n) is 11.1. The maximum absolute atomic E-state index is 12.6. The lowest BCUT2D eigenvalue weighted by Crippen LogP contribution is -2.50. The number of hydrogen-bond donors (Lipinski definition) is 1. The monoisotopic (exact) mass is 491 g/mol. The van der Waals surface area contributed by atoms with Gasteiger partial charge in [0.1, 0.15) is 17.9 Å². The average molecular weight is 492 g/mol. The molecule has 1 aromatic heterocycles. The Hall–Kier alpha value is -2.39. The first-order chi connectivity index (χ1) is 16.1. The maximum Gasteiger partial charge on any atom is 0.341 e. The second-order valence-electron chi connectivity index (χ2n) is 9.94. The van der Waals surface area contributed by atoms with Crippen molar-refractivity contribution >= 4 is 17.6 Å². The minimum Gasteiger partial charge on any atom is -0.491 e. The fraction of sp³-hybridized carbons (Fsp3) is 0.520. The van der Waals surface area contributed by atoms with Crippen LogP contribution in [0.15, 0.2) is 29.2 Å². The molecule has 0 aliphatic carbocycles. The van der Waals surface area contributed by atoms with Crippen LogP contribution in [-0.2, 0) is 20.6 Å².